The average molecular weight is 416 g/mol. The summed E-state index contributed by atoms with van der Waals surface area (Å²) in [4.78, 5) is 14.4. The minimum atomic E-state index is -3.60. The molecule has 0 spiro atoms. The molecule has 1 aromatic carbocycles. The number of rotatable bonds is 6. The maximum absolute atomic E-state index is 12.7. The molecule has 0 aliphatic carbocycles. The number of nitrogens with one attached hydrogen (secondary N) is 1. The number of hydrogen-bond donors (Lipinski definition) is 2. The number of nitrogens with two attached hydrogens (primary N) is 1. The lowest BCUT2D eigenvalue weighted by molar-refractivity contribution is -0.117. The van der Waals surface area contributed by atoms with E-state index < -0.39 is 15.3 Å². The molecule has 0 radical (unpaired) electrons. The van der Waals surface area contributed by atoms with Gasteiger partial charge in [0.2, 0.25) is 15.9 Å². The highest BCUT2D eigenvalue weighted by molar-refractivity contribution is 7.89. The van der Waals surface area contributed by atoms with Gasteiger partial charge in [-0.1, -0.05) is 30.3 Å². The van der Waals surface area contributed by atoms with Gasteiger partial charge in [-0.05, 0) is 31.4 Å². The molecule has 0 saturated carbocycles. The van der Waals surface area contributed by atoms with Gasteiger partial charge >= 0.3 is 0 Å². The molecule has 1 saturated heterocycles. The molecule has 1 amide bonds. The third kappa shape index (κ3) is 4.67. The second kappa shape index (κ2) is 8.37. The lowest BCUT2D eigenvalue weighted by atomic mass is 10.2. The van der Waals surface area contributed by atoms with Crippen LogP contribution in [0.15, 0.2) is 30.3 Å². The van der Waals surface area contributed by atoms with E-state index in [4.69, 9.17) is 5.14 Å². The molecule has 1 atom stereocenters. The number of carbonyl (C=O) groups is 1. The fraction of sp³-hybridized carbons (Fsp3) is 0.400. The second-order valence-electron chi connectivity index (χ2n) is 7.40. The van der Waals surface area contributed by atoms with Gasteiger partial charge in [0.15, 0.2) is 0 Å². The average Bonchev–Trinajstić information content (AvgIpc) is 3.22. The molecule has 1 fully saturated rings. The van der Waals surface area contributed by atoms with Crippen LogP contribution in [0.4, 0.5) is 5.82 Å². The van der Waals surface area contributed by atoms with Crippen molar-refractivity contribution >= 4 is 21.7 Å². The van der Waals surface area contributed by atoms with Crippen molar-refractivity contribution in [1.29, 1.82) is 5.26 Å². The minimum Gasteiger partial charge on any atom is -0.326 e. The van der Waals surface area contributed by atoms with Gasteiger partial charge in [0, 0.05) is 25.3 Å². The highest BCUT2D eigenvalue weighted by Gasteiger charge is 2.31. The smallest absolute Gasteiger partial charge is 0.239 e. The van der Waals surface area contributed by atoms with Gasteiger partial charge in [-0.2, -0.15) is 5.26 Å². The minimum absolute atomic E-state index is 0.0471. The van der Waals surface area contributed by atoms with Crippen LogP contribution in [0, 0.1) is 25.2 Å². The van der Waals surface area contributed by atoms with Gasteiger partial charge < -0.3 is 9.88 Å². The van der Waals surface area contributed by atoms with Crippen LogP contribution in [-0.4, -0.2) is 48.7 Å². The van der Waals surface area contributed by atoms with Gasteiger partial charge in [0.25, 0.3) is 0 Å². The number of sulfonamides is 1. The van der Waals surface area contributed by atoms with E-state index in [2.05, 4.69) is 11.4 Å². The number of nitriles is 1. The first-order chi connectivity index (χ1) is 13.7. The predicted molar refractivity (Wildman–Crippen MR) is 111 cm³/mol. The number of hydrogen-bond acceptors (Lipinski definition) is 5. The van der Waals surface area contributed by atoms with Crippen LogP contribution in [0.3, 0.4) is 0 Å². The van der Waals surface area contributed by atoms with Crippen molar-refractivity contribution in [3.63, 3.8) is 0 Å². The predicted octanol–water partition coefficient (Wildman–Crippen LogP) is 1.33. The number of amides is 1. The highest BCUT2D eigenvalue weighted by Crippen LogP contribution is 2.27. The van der Waals surface area contributed by atoms with Gasteiger partial charge in [0.1, 0.15) is 11.9 Å². The highest BCUT2D eigenvalue weighted by atomic mass is 32.2. The maximum atomic E-state index is 12.7. The van der Waals surface area contributed by atoms with Crippen molar-refractivity contribution in [2.45, 2.75) is 32.1 Å². The van der Waals surface area contributed by atoms with E-state index in [1.165, 1.54) is 0 Å². The van der Waals surface area contributed by atoms with Crippen LogP contribution in [0.1, 0.15) is 28.8 Å². The summed E-state index contributed by atoms with van der Waals surface area (Å²) in [6.07, 6.45) is 0.415. The van der Waals surface area contributed by atoms with Crippen LogP contribution < -0.4 is 10.5 Å². The summed E-state index contributed by atoms with van der Waals surface area (Å²) in [5.74, 6) is 0.182. The largest absolute Gasteiger partial charge is 0.326 e. The fourth-order valence-corrected chi connectivity index (χ4v) is 4.53. The third-order valence-electron chi connectivity index (χ3n) is 5.44. The van der Waals surface area contributed by atoms with E-state index in [0.29, 0.717) is 30.9 Å². The van der Waals surface area contributed by atoms with Gasteiger partial charge in [-0.15, -0.1) is 0 Å². The maximum Gasteiger partial charge on any atom is 0.239 e. The standard InChI is InChI=1S/C20H25N5O3S/c1-14-15(2)25(11-16-6-4-3-5-7-16)20(18(14)10-21)23-19(26)13-24-9-8-17(12-24)29(22,27)28/h3-7,17H,8-9,11-13H2,1-2H3,(H,23,26)(H2,22,27,28)/t17-/m1/s1. The van der Waals surface area contributed by atoms with E-state index in [1.54, 1.807) is 4.90 Å². The van der Waals surface area contributed by atoms with Crippen molar-refractivity contribution in [3.05, 3.63) is 52.7 Å². The molecule has 1 aliphatic rings. The molecule has 9 heteroatoms. The monoisotopic (exact) mass is 415 g/mol. The fourth-order valence-electron chi connectivity index (χ4n) is 3.68. The van der Waals surface area contributed by atoms with Crippen LogP contribution in [0.5, 0.6) is 0 Å². The molecular formula is C20H25N5O3S. The first-order valence-corrected chi connectivity index (χ1v) is 11.0. The van der Waals surface area contributed by atoms with Crippen LogP contribution in [0.2, 0.25) is 0 Å². The molecule has 1 aromatic heterocycles. The molecule has 2 aromatic rings. The molecule has 8 nitrogen and oxygen atoms in total. The summed E-state index contributed by atoms with van der Waals surface area (Å²) in [6, 6.07) is 12.0. The zero-order valence-electron chi connectivity index (χ0n) is 16.6. The summed E-state index contributed by atoms with van der Waals surface area (Å²) < 4.78 is 24.9. The Hall–Kier alpha value is -2.67. The number of nitrogens with zero attached hydrogens (tertiary/aromatic N) is 3. The van der Waals surface area contributed by atoms with Crippen molar-refractivity contribution in [2.24, 2.45) is 5.14 Å². The number of likely N-dealkylation sites (tertiary alicyclic amines) is 1. The Morgan fingerprint density at radius 2 is 2.00 bits per heavy atom. The van der Waals surface area contributed by atoms with Crippen molar-refractivity contribution in [1.82, 2.24) is 9.47 Å². The Morgan fingerprint density at radius 3 is 2.59 bits per heavy atom. The molecule has 3 N–H and O–H groups in total. The Morgan fingerprint density at radius 1 is 1.31 bits per heavy atom. The van der Waals surface area contributed by atoms with E-state index in [-0.39, 0.29) is 19.0 Å². The van der Waals surface area contributed by atoms with E-state index in [9.17, 15) is 18.5 Å². The van der Waals surface area contributed by atoms with Crippen molar-refractivity contribution < 1.29 is 13.2 Å². The Labute approximate surface area is 171 Å². The molecule has 2 heterocycles. The first kappa shape index (κ1) is 21.0. The number of anilines is 1. The lowest BCUT2D eigenvalue weighted by Gasteiger charge is -2.17. The first-order valence-electron chi connectivity index (χ1n) is 9.38. The van der Waals surface area contributed by atoms with Crippen LogP contribution >= 0.6 is 0 Å². The number of aromatic nitrogens is 1. The van der Waals surface area contributed by atoms with Gasteiger partial charge in [-0.25, -0.2) is 13.6 Å². The molecular weight excluding hydrogens is 390 g/mol. The summed E-state index contributed by atoms with van der Waals surface area (Å²) in [6.45, 7) is 5.09. The Bertz CT molecular complexity index is 1050. The lowest BCUT2D eigenvalue weighted by Crippen LogP contribution is -2.35. The van der Waals surface area contributed by atoms with Crippen molar-refractivity contribution in [2.75, 3.05) is 25.0 Å². The quantitative estimate of drug-likeness (QED) is 0.737. The normalized spacial score (nSPS) is 17.2. The summed E-state index contributed by atoms with van der Waals surface area (Å²) >= 11 is 0. The SMILES string of the molecule is Cc1c(C#N)c(NC(=O)CN2CC[C@@H](S(N)(=O)=O)C2)n(Cc2ccccc2)c1C. The zero-order valence-corrected chi connectivity index (χ0v) is 17.4. The third-order valence-corrected chi connectivity index (χ3v) is 6.76. The molecule has 3 rings (SSSR count). The van der Waals surface area contributed by atoms with Gasteiger partial charge in [0.05, 0.1) is 17.4 Å². The summed E-state index contributed by atoms with van der Waals surface area (Å²) in [7, 11) is -3.60. The van der Waals surface area contributed by atoms with Gasteiger partial charge in [-0.3, -0.25) is 9.69 Å². The number of primary sulfonamides is 1. The van der Waals surface area contributed by atoms with E-state index >= 15 is 0 Å². The second-order valence-corrected chi connectivity index (χ2v) is 9.25. The molecule has 0 unspecified atom stereocenters. The zero-order chi connectivity index (χ0) is 21.2. The number of carbonyl (C=O) groups excluding carboxylic acids is 1. The van der Waals surface area contributed by atoms with Crippen molar-refractivity contribution in [3.8, 4) is 6.07 Å². The van der Waals surface area contributed by atoms with E-state index in [0.717, 1.165) is 16.8 Å². The molecule has 0 bridgehead atoms. The van der Waals surface area contributed by atoms with Crippen LogP contribution in [0.25, 0.3) is 0 Å². The molecule has 1 aliphatic heterocycles. The summed E-state index contributed by atoms with van der Waals surface area (Å²) in [5, 5.41) is 17.1. The van der Waals surface area contributed by atoms with Crippen LogP contribution in [-0.2, 0) is 21.4 Å². The van der Waals surface area contributed by atoms with E-state index in [1.807, 2.05) is 48.7 Å². The topological polar surface area (TPSA) is 121 Å². The Balaban J connectivity index is 1.78. The molecule has 154 valence electrons. The number of benzene rings is 1. The Kier molecular flexibility index (Phi) is 6.07. The molecule has 29 heavy (non-hydrogen) atoms. The summed E-state index contributed by atoms with van der Waals surface area (Å²) in [5.41, 5.74) is 3.24.